The molecule has 26 heavy (non-hydrogen) atoms. The van der Waals surface area contributed by atoms with E-state index in [-0.39, 0.29) is 5.41 Å². The van der Waals surface area contributed by atoms with Gasteiger partial charge in [-0.2, -0.15) is 0 Å². The van der Waals surface area contributed by atoms with Crippen LogP contribution < -0.4 is 0 Å². The maximum Gasteiger partial charge on any atom is 0.0547 e. The fourth-order valence-corrected chi connectivity index (χ4v) is 5.54. The summed E-state index contributed by atoms with van der Waals surface area (Å²) in [6.45, 7) is 1.45. The second-order valence-electron chi connectivity index (χ2n) is 7.17. The van der Waals surface area contributed by atoms with Gasteiger partial charge in [0, 0.05) is 29.4 Å². The maximum atomic E-state index is 5.60. The van der Waals surface area contributed by atoms with E-state index in [0.29, 0.717) is 0 Å². The van der Waals surface area contributed by atoms with Crippen molar-refractivity contribution in [3.05, 3.63) is 71.8 Å². The molecule has 3 aromatic rings. The molecule has 0 amide bonds. The van der Waals surface area contributed by atoms with Crippen molar-refractivity contribution in [2.75, 3.05) is 27.4 Å². The highest BCUT2D eigenvalue weighted by Gasteiger charge is 2.41. The summed E-state index contributed by atoms with van der Waals surface area (Å²) in [6, 6.07) is 21.5. The minimum atomic E-state index is 0.0369. The number of methoxy groups -OCH3 is 2. The third-order valence-corrected chi connectivity index (χ3v) is 6.57. The zero-order valence-electron chi connectivity index (χ0n) is 15.3. The standard InChI is InChI=1S/C23H24O2S/c1-24-15-23(16-25-2)13-19-20(14-23)22(18-11-7-4-8-12-18)26-21(19)17-9-5-3-6-10-17/h3-12H,13-16H2,1-2H3. The minimum absolute atomic E-state index is 0.0369. The molecule has 0 saturated heterocycles. The third kappa shape index (κ3) is 3.11. The van der Waals surface area contributed by atoms with E-state index in [1.165, 1.54) is 32.0 Å². The van der Waals surface area contributed by atoms with Crippen LogP contribution in [0.1, 0.15) is 11.1 Å². The Morgan fingerprint density at radius 2 is 1.15 bits per heavy atom. The average molecular weight is 365 g/mol. The number of benzene rings is 2. The highest BCUT2D eigenvalue weighted by molar-refractivity contribution is 7.19. The summed E-state index contributed by atoms with van der Waals surface area (Å²) < 4.78 is 11.2. The monoisotopic (exact) mass is 364 g/mol. The first-order valence-corrected chi connectivity index (χ1v) is 9.81. The Balaban J connectivity index is 1.85. The summed E-state index contributed by atoms with van der Waals surface area (Å²) in [5.74, 6) is 0. The van der Waals surface area contributed by atoms with Crippen LogP contribution in [-0.2, 0) is 22.3 Å². The van der Waals surface area contributed by atoms with Gasteiger partial charge in [0.25, 0.3) is 0 Å². The van der Waals surface area contributed by atoms with E-state index in [9.17, 15) is 0 Å². The SMILES string of the molecule is COCC1(COC)Cc2c(-c3ccccc3)sc(-c3ccccc3)c2C1. The average Bonchev–Trinajstić information content (AvgIpc) is 3.19. The molecule has 0 fully saturated rings. The molecule has 0 spiro atoms. The predicted molar refractivity (Wildman–Crippen MR) is 109 cm³/mol. The second-order valence-corrected chi connectivity index (χ2v) is 8.19. The molecule has 0 saturated carbocycles. The molecule has 0 unspecified atom stereocenters. The molecule has 1 aliphatic carbocycles. The lowest BCUT2D eigenvalue weighted by atomic mass is 9.86. The molecule has 0 N–H and O–H groups in total. The van der Waals surface area contributed by atoms with E-state index in [1.807, 2.05) is 11.3 Å². The van der Waals surface area contributed by atoms with Crippen molar-refractivity contribution in [2.45, 2.75) is 12.8 Å². The summed E-state index contributed by atoms with van der Waals surface area (Å²) in [5, 5.41) is 0. The van der Waals surface area contributed by atoms with Crippen molar-refractivity contribution < 1.29 is 9.47 Å². The second kappa shape index (κ2) is 7.36. The van der Waals surface area contributed by atoms with Crippen LogP contribution in [0.5, 0.6) is 0 Å². The molecule has 4 rings (SSSR count). The molecule has 1 aromatic heterocycles. The van der Waals surface area contributed by atoms with Gasteiger partial charge in [-0.3, -0.25) is 0 Å². The number of fused-ring (bicyclic) bond motifs is 1. The molecule has 1 heterocycles. The topological polar surface area (TPSA) is 18.5 Å². The molecule has 1 aliphatic rings. The Morgan fingerprint density at radius 3 is 1.54 bits per heavy atom. The minimum Gasteiger partial charge on any atom is -0.384 e. The van der Waals surface area contributed by atoms with Crippen LogP contribution in [0.25, 0.3) is 20.9 Å². The van der Waals surface area contributed by atoms with Crippen molar-refractivity contribution in [2.24, 2.45) is 5.41 Å². The summed E-state index contributed by atoms with van der Waals surface area (Å²) in [7, 11) is 3.58. The van der Waals surface area contributed by atoms with Crippen molar-refractivity contribution >= 4 is 11.3 Å². The first kappa shape index (κ1) is 17.5. The summed E-state index contributed by atoms with van der Waals surface area (Å²) >= 11 is 1.92. The summed E-state index contributed by atoms with van der Waals surface area (Å²) in [5.41, 5.74) is 5.61. The zero-order valence-corrected chi connectivity index (χ0v) is 16.1. The highest BCUT2D eigenvalue weighted by atomic mass is 32.1. The van der Waals surface area contributed by atoms with E-state index in [4.69, 9.17) is 9.47 Å². The van der Waals surface area contributed by atoms with E-state index >= 15 is 0 Å². The largest absolute Gasteiger partial charge is 0.384 e. The molecule has 3 heteroatoms. The van der Waals surface area contributed by atoms with Gasteiger partial charge in [-0.05, 0) is 35.1 Å². The number of hydrogen-bond donors (Lipinski definition) is 0. The number of rotatable bonds is 6. The Kier molecular flexibility index (Phi) is 4.94. The highest BCUT2D eigenvalue weighted by Crippen LogP contribution is 2.51. The van der Waals surface area contributed by atoms with Gasteiger partial charge in [0.15, 0.2) is 0 Å². The van der Waals surface area contributed by atoms with E-state index in [2.05, 4.69) is 60.7 Å². The van der Waals surface area contributed by atoms with E-state index in [1.54, 1.807) is 14.2 Å². The predicted octanol–water partition coefficient (Wildman–Crippen LogP) is 5.46. The molecule has 0 atom stereocenters. The van der Waals surface area contributed by atoms with Crippen LogP contribution >= 0.6 is 11.3 Å². The van der Waals surface area contributed by atoms with Crippen LogP contribution in [-0.4, -0.2) is 27.4 Å². The maximum absolute atomic E-state index is 5.60. The van der Waals surface area contributed by atoms with Gasteiger partial charge in [0.05, 0.1) is 13.2 Å². The molecular formula is C23H24O2S. The van der Waals surface area contributed by atoms with E-state index < -0.39 is 0 Å². The lowest BCUT2D eigenvalue weighted by Crippen LogP contribution is -2.32. The van der Waals surface area contributed by atoms with Crippen LogP contribution in [0.2, 0.25) is 0 Å². The quantitative estimate of drug-likeness (QED) is 0.578. The zero-order chi connectivity index (χ0) is 18.0. The van der Waals surface area contributed by atoms with Gasteiger partial charge in [-0.15, -0.1) is 11.3 Å². The smallest absolute Gasteiger partial charge is 0.0547 e. The molecule has 0 aliphatic heterocycles. The van der Waals surface area contributed by atoms with Gasteiger partial charge in [0.2, 0.25) is 0 Å². The number of hydrogen-bond acceptors (Lipinski definition) is 3. The van der Waals surface area contributed by atoms with Gasteiger partial charge in [-0.25, -0.2) is 0 Å². The summed E-state index contributed by atoms with van der Waals surface area (Å²) in [6.07, 6.45) is 2.02. The third-order valence-electron chi connectivity index (χ3n) is 5.19. The Labute approximate surface area is 159 Å². The molecular weight excluding hydrogens is 340 g/mol. The Morgan fingerprint density at radius 1 is 0.731 bits per heavy atom. The van der Waals surface area contributed by atoms with Crippen molar-refractivity contribution in [3.63, 3.8) is 0 Å². The first-order chi connectivity index (χ1) is 12.8. The van der Waals surface area contributed by atoms with Crippen LogP contribution in [0, 0.1) is 5.41 Å². The molecule has 2 nitrogen and oxygen atoms in total. The molecule has 2 aromatic carbocycles. The fourth-order valence-electron chi connectivity index (χ4n) is 4.19. The molecule has 0 bridgehead atoms. The normalized spacial score (nSPS) is 15.2. The van der Waals surface area contributed by atoms with Gasteiger partial charge >= 0.3 is 0 Å². The lowest BCUT2D eigenvalue weighted by Gasteiger charge is -2.27. The van der Waals surface area contributed by atoms with Crippen LogP contribution in [0.15, 0.2) is 60.7 Å². The Bertz CT molecular complexity index is 796. The number of thiophene rings is 1. The van der Waals surface area contributed by atoms with Crippen molar-refractivity contribution in [3.8, 4) is 20.9 Å². The fraction of sp³-hybridized carbons (Fsp3) is 0.304. The summed E-state index contributed by atoms with van der Waals surface area (Å²) in [4.78, 5) is 2.79. The molecule has 134 valence electrons. The van der Waals surface area contributed by atoms with Crippen molar-refractivity contribution in [1.82, 2.24) is 0 Å². The van der Waals surface area contributed by atoms with Crippen LogP contribution in [0.3, 0.4) is 0 Å². The van der Waals surface area contributed by atoms with Gasteiger partial charge in [0.1, 0.15) is 0 Å². The molecule has 0 radical (unpaired) electrons. The van der Waals surface area contributed by atoms with Gasteiger partial charge < -0.3 is 9.47 Å². The lowest BCUT2D eigenvalue weighted by molar-refractivity contribution is 0.0169. The first-order valence-electron chi connectivity index (χ1n) is 8.99. The van der Waals surface area contributed by atoms with E-state index in [0.717, 1.165) is 26.1 Å². The van der Waals surface area contributed by atoms with Crippen molar-refractivity contribution in [1.29, 1.82) is 0 Å². The number of ether oxygens (including phenoxy) is 2. The van der Waals surface area contributed by atoms with Gasteiger partial charge in [-0.1, -0.05) is 60.7 Å². The Hall–Kier alpha value is -1.94. The van der Waals surface area contributed by atoms with Crippen LogP contribution in [0.4, 0.5) is 0 Å².